The molecule has 2 amide bonds. The van der Waals surface area contributed by atoms with E-state index in [0.717, 1.165) is 25.8 Å². The number of carbonyl (C=O) groups is 2. The van der Waals surface area contributed by atoms with Gasteiger partial charge in [-0.2, -0.15) is 0 Å². The van der Waals surface area contributed by atoms with Crippen molar-refractivity contribution >= 4 is 11.8 Å². The molecule has 0 radical (unpaired) electrons. The number of hydrogen-bond acceptors (Lipinski definition) is 3. The second kappa shape index (κ2) is 8.08. The van der Waals surface area contributed by atoms with E-state index in [1.807, 2.05) is 6.92 Å². The first-order valence-electron chi connectivity index (χ1n) is 6.95. The number of hydrogen-bond donors (Lipinski definition) is 3. The van der Waals surface area contributed by atoms with Gasteiger partial charge < -0.3 is 16.0 Å². The lowest BCUT2D eigenvalue weighted by Gasteiger charge is -2.28. The van der Waals surface area contributed by atoms with E-state index in [0.29, 0.717) is 25.4 Å². The average molecular weight is 255 g/mol. The van der Waals surface area contributed by atoms with E-state index < -0.39 is 0 Å². The molecular formula is C13H25N3O2. The third-order valence-electron chi connectivity index (χ3n) is 3.43. The third-order valence-corrected chi connectivity index (χ3v) is 3.43. The van der Waals surface area contributed by atoms with Crippen LogP contribution in [0.2, 0.25) is 0 Å². The van der Waals surface area contributed by atoms with E-state index in [1.165, 1.54) is 0 Å². The van der Waals surface area contributed by atoms with Crippen molar-refractivity contribution in [2.45, 2.75) is 45.6 Å². The molecule has 1 aliphatic rings. The molecule has 1 saturated heterocycles. The standard InChI is InChI=1S/C13H25N3O2/c1-3-10-5-7-15-11(9-10)13(18)16-8-6-12(17)14-4-2/h10-11,15H,3-9H2,1-2H3,(H,14,17)(H,16,18). The predicted octanol–water partition coefficient (Wildman–Crippen LogP) is 0.407. The van der Waals surface area contributed by atoms with Crippen molar-refractivity contribution in [2.24, 2.45) is 5.92 Å². The van der Waals surface area contributed by atoms with Gasteiger partial charge in [0.1, 0.15) is 0 Å². The third kappa shape index (κ3) is 5.04. The maximum atomic E-state index is 11.9. The van der Waals surface area contributed by atoms with Crippen LogP contribution in [-0.4, -0.2) is 37.5 Å². The molecule has 2 atom stereocenters. The highest BCUT2D eigenvalue weighted by Crippen LogP contribution is 2.19. The molecule has 5 heteroatoms. The van der Waals surface area contributed by atoms with E-state index in [1.54, 1.807) is 0 Å². The van der Waals surface area contributed by atoms with Gasteiger partial charge in [-0.05, 0) is 32.2 Å². The topological polar surface area (TPSA) is 70.2 Å². The fourth-order valence-corrected chi connectivity index (χ4v) is 2.27. The van der Waals surface area contributed by atoms with Gasteiger partial charge in [0.25, 0.3) is 0 Å². The smallest absolute Gasteiger partial charge is 0.237 e. The van der Waals surface area contributed by atoms with Crippen LogP contribution in [0.15, 0.2) is 0 Å². The van der Waals surface area contributed by atoms with Gasteiger partial charge in [-0.15, -0.1) is 0 Å². The van der Waals surface area contributed by atoms with Gasteiger partial charge in [0.2, 0.25) is 11.8 Å². The van der Waals surface area contributed by atoms with Crippen LogP contribution in [0.1, 0.15) is 39.5 Å². The molecule has 1 rings (SSSR count). The Bertz CT molecular complexity index is 281. The molecule has 3 N–H and O–H groups in total. The lowest BCUT2D eigenvalue weighted by molar-refractivity contribution is -0.124. The van der Waals surface area contributed by atoms with E-state index in [4.69, 9.17) is 0 Å². The number of piperidine rings is 1. The van der Waals surface area contributed by atoms with Crippen molar-refractivity contribution in [3.8, 4) is 0 Å². The quantitative estimate of drug-likeness (QED) is 0.644. The maximum Gasteiger partial charge on any atom is 0.237 e. The Kier molecular flexibility index (Phi) is 6.72. The number of amides is 2. The summed E-state index contributed by atoms with van der Waals surface area (Å²) in [6.07, 6.45) is 3.54. The molecule has 18 heavy (non-hydrogen) atoms. The Labute approximate surface area is 109 Å². The molecule has 2 unspecified atom stereocenters. The molecule has 104 valence electrons. The normalized spacial score (nSPS) is 23.4. The first-order valence-corrected chi connectivity index (χ1v) is 6.95. The summed E-state index contributed by atoms with van der Waals surface area (Å²) in [5.41, 5.74) is 0. The summed E-state index contributed by atoms with van der Waals surface area (Å²) in [6.45, 7) is 6.01. The summed E-state index contributed by atoms with van der Waals surface area (Å²) < 4.78 is 0. The van der Waals surface area contributed by atoms with E-state index >= 15 is 0 Å². The second-order valence-corrected chi connectivity index (χ2v) is 4.80. The van der Waals surface area contributed by atoms with Crippen molar-refractivity contribution in [3.63, 3.8) is 0 Å². The van der Waals surface area contributed by atoms with E-state index in [2.05, 4.69) is 22.9 Å². The Balaban J connectivity index is 2.21. The molecule has 0 saturated carbocycles. The molecule has 5 nitrogen and oxygen atoms in total. The largest absolute Gasteiger partial charge is 0.356 e. The molecule has 0 aromatic carbocycles. The Hall–Kier alpha value is -1.10. The van der Waals surface area contributed by atoms with Crippen LogP contribution in [-0.2, 0) is 9.59 Å². The van der Waals surface area contributed by atoms with Crippen molar-refractivity contribution in [3.05, 3.63) is 0 Å². The maximum absolute atomic E-state index is 11.9. The number of rotatable bonds is 6. The average Bonchev–Trinajstić information content (AvgIpc) is 2.39. The second-order valence-electron chi connectivity index (χ2n) is 4.80. The van der Waals surface area contributed by atoms with Crippen LogP contribution in [0.4, 0.5) is 0 Å². The Morgan fingerprint density at radius 1 is 1.28 bits per heavy atom. The molecule has 1 heterocycles. The van der Waals surface area contributed by atoms with Crippen LogP contribution in [0.25, 0.3) is 0 Å². The van der Waals surface area contributed by atoms with Crippen LogP contribution < -0.4 is 16.0 Å². The van der Waals surface area contributed by atoms with Gasteiger partial charge in [-0.3, -0.25) is 9.59 Å². The highest BCUT2D eigenvalue weighted by molar-refractivity contribution is 5.82. The fourth-order valence-electron chi connectivity index (χ4n) is 2.27. The Morgan fingerprint density at radius 3 is 2.72 bits per heavy atom. The number of nitrogens with one attached hydrogen (secondary N) is 3. The molecular weight excluding hydrogens is 230 g/mol. The fraction of sp³-hybridized carbons (Fsp3) is 0.846. The van der Waals surface area contributed by atoms with Gasteiger partial charge in [0.05, 0.1) is 6.04 Å². The summed E-state index contributed by atoms with van der Waals surface area (Å²) in [6, 6.07) is -0.0852. The summed E-state index contributed by atoms with van der Waals surface area (Å²) in [7, 11) is 0. The van der Waals surface area contributed by atoms with Gasteiger partial charge in [0, 0.05) is 19.5 Å². The first kappa shape index (κ1) is 15.0. The predicted molar refractivity (Wildman–Crippen MR) is 71.1 cm³/mol. The minimum Gasteiger partial charge on any atom is -0.356 e. The van der Waals surface area contributed by atoms with Crippen LogP contribution in [0.3, 0.4) is 0 Å². The highest BCUT2D eigenvalue weighted by Gasteiger charge is 2.25. The molecule has 0 aromatic rings. The molecule has 1 aliphatic heterocycles. The van der Waals surface area contributed by atoms with Crippen molar-refractivity contribution in [2.75, 3.05) is 19.6 Å². The van der Waals surface area contributed by atoms with Crippen LogP contribution >= 0.6 is 0 Å². The van der Waals surface area contributed by atoms with E-state index in [9.17, 15) is 9.59 Å². The molecule has 0 spiro atoms. The summed E-state index contributed by atoms with van der Waals surface area (Å²) in [4.78, 5) is 23.1. The first-order chi connectivity index (χ1) is 8.67. The van der Waals surface area contributed by atoms with Gasteiger partial charge >= 0.3 is 0 Å². The molecule has 0 aromatic heterocycles. The number of carbonyl (C=O) groups excluding carboxylic acids is 2. The zero-order valence-corrected chi connectivity index (χ0v) is 11.4. The van der Waals surface area contributed by atoms with Crippen molar-refractivity contribution in [1.29, 1.82) is 0 Å². The monoisotopic (exact) mass is 255 g/mol. The lowest BCUT2D eigenvalue weighted by atomic mass is 9.90. The lowest BCUT2D eigenvalue weighted by Crippen LogP contribution is -2.49. The SMILES string of the molecule is CCNC(=O)CCNC(=O)C1CC(CC)CCN1. The summed E-state index contributed by atoms with van der Waals surface area (Å²) >= 11 is 0. The summed E-state index contributed by atoms with van der Waals surface area (Å²) in [5, 5.41) is 8.77. The highest BCUT2D eigenvalue weighted by atomic mass is 16.2. The van der Waals surface area contributed by atoms with Crippen LogP contribution in [0.5, 0.6) is 0 Å². The van der Waals surface area contributed by atoms with Gasteiger partial charge in [-0.1, -0.05) is 13.3 Å². The minimum absolute atomic E-state index is 0.0131. The molecule has 1 fully saturated rings. The van der Waals surface area contributed by atoms with Crippen molar-refractivity contribution in [1.82, 2.24) is 16.0 Å². The zero-order chi connectivity index (χ0) is 13.4. The van der Waals surface area contributed by atoms with E-state index in [-0.39, 0.29) is 17.9 Å². The Morgan fingerprint density at radius 2 is 2.06 bits per heavy atom. The van der Waals surface area contributed by atoms with Crippen molar-refractivity contribution < 1.29 is 9.59 Å². The molecule has 0 aliphatic carbocycles. The zero-order valence-electron chi connectivity index (χ0n) is 11.4. The molecule has 0 bridgehead atoms. The summed E-state index contributed by atoms with van der Waals surface area (Å²) in [5.74, 6) is 0.656. The van der Waals surface area contributed by atoms with Gasteiger partial charge in [0.15, 0.2) is 0 Å². The van der Waals surface area contributed by atoms with Crippen LogP contribution in [0, 0.1) is 5.92 Å². The minimum atomic E-state index is -0.0852. The van der Waals surface area contributed by atoms with Gasteiger partial charge in [-0.25, -0.2) is 0 Å².